The highest BCUT2D eigenvalue weighted by Crippen LogP contribution is 2.31. The van der Waals surface area contributed by atoms with Crippen LogP contribution in [0.4, 0.5) is 24.7 Å². The summed E-state index contributed by atoms with van der Waals surface area (Å²) in [4.78, 5) is 19.7. The normalized spacial score (nSPS) is 11.5. The fourth-order valence-corrected chi connectivity index (χ4v) is 3.27. The monoisotopic (exact) mass is 424 g/mol. The molecule has 31 heavy (non-hydrogen) atoms. The average Bonchev–Trinajstić information content (AvgIpc) is 3.17. The lowest BCUT2D eigenvalue weighted by Gasteiger charge is -2.10. The van der Waals surface area contributed by atoms with Gasteiger partial charge in [0.05, 0.1) is 11.1 Å². The van der Waals surface area contributed by atoms with E-state index in [9.17, 15) is 18.0 Å². The fraction of sp³-hybridized carbons (Fsp3) is 0.130. The number of rotatable bonds is 6. The molecule has 2 aromatic heterocycles. The van der Waals surface area contributed by atoms with Gasteiger partial charge < -0.3 is 15.6 Å². The number of carbonyl (C=O) groups excluding carboxylic acids is 1. The summed E-state index contributed by atoms with van der Waals surface area (Å²) < 4.78 is 38.5. The Morgan fingerprint density at radius 3 is 2.65 bits per heavy atom. The molecular formula is C23H19F3N4O. The molecule has 2 aromatic carbocycles. The number of fused-ring (bicyclic) bond motifs is 1. The van der Waals surface area contributed by atoms with Gasteiger partial charge in [0.1, 0.15) is 5.82 Å². The number of halogens is 3. The van der Waals surface area contributed by atoms with Gasteiger partial charge in [-0.25, -0.2) is 4.98 Å². The predicted octanol–water partition coefficient (Wildman–Crippen LogP) is 5.30. The average molecular weight is 424 g/mol. The Kier molecular flexibility index (Phi) is 5.62. The topological polar surface area (TPSA) is 69.8 Å². The smallest absolute Gasteiger partial charge is 0.361 e. The van der Waals surface area contributed by atoms with Crippen LogP contribution < -0.4 is 10.6 Å². The van der Waals surface area contributed by atoms with Crippen LogP contribution in [0, 0.1) is 0 Å². The van der Waals surface area contributed by atoms with E-state index < -0.39 is 11.7 Å². The molecule has 5 nitrogen and oxygen atoms in total. The first-order chi connectivity index (χ1) is 14.9. The molecule has 0 atom stereocenters. The first-order valence-corrected chi connectivity index (χ1v) is 9.64. The number of carbonyl (C=O) groups is 1. The molecule has 4 aromatic rings. The number of pyridine rings is 1. The van der Waals surface area contributed by atoms with Crippen LogP contribution in [0.5, 0.6) is 0 Å². The molecule has 0 fully saturated rings. The van der Waals surface area contributed by atoms with E-state index in [1.54, 1.807) is 12.1 Å². The Balaban J connectivity index is 1.34. The van der Waals surface area contributed by atoms with Crippen LogP contribution in [-0.4, -0.2) is 22.4 Å². The zero-order chi connectivity index (χ0) is 21.8. The van der Waals surface area contributed by atoms with Crippen LogP contribution in [0.1, 0.15) is 21.5 Å². The largest absolute Gasteiger partial charge is 0.416 e. The number of amides is 1. The second-order valence-electron chi connectivity index (χ2n) is 7.00. The Morgan fingerprint density at radius 2 is 1.87 bits per heavy atom. The maximum Gasteiger partial charge on any atom is 0.416 e. The second kappa shape index (κ2) is 8.51. The van der Waals surface area contributed by atoms with Crippen molar-refractivity contribution in [3.05, 3.63) is 89.7 Å². The number of nitrogens with one attached hydrogen (secondary N) is 3. The number of anilines is 2. The number of hydrogen-bond donors (Lipinski definition) is 3. The summed E-state index contributed by atoms with van der Waals surface area (Å²) in [6.45, 7) is 0.463. The van der Waals surface area contributed by atoms with E-state index in [1.807, 2.05) is 30.5 Å². The van der Waals surface area contributed by atoms with E-state index in [0.717, 1.165) is 28.6 Å². The minimum atomic E-state index is -4.42. The van der Waals surface area contributed by atoms with Gasteiger partial charge in [-0.2, -0.15) is 13.2 Å². The molecule has 158 valence electrons. The van der Waals surface area contributed by atoms with E-state index in [0.29, 0.717) is 24.3 Å². The maximum absolute atomic E-state index is 12.8. The molecule has 0 unspecified atom stereocenters. The van der Waals surface area contributed by atoms with Gasteiger partial charge in [0.15, 0.2) is 0 Å². The van der Waals surface area contributed by atoms with Crippen molar-refractivity contribution in [2.24, 2.45) is 0 Å². The van der Waals surface area contributed by atoms with Gasteiger partial charge in [-0.05, 0) is 48.4 Å². The second-order valence-corrected chi connectivity index (χ2v) is 7.00. The third kappa shape index (κ3) is 4.85. The van der Waals surface area contributed by atoms with Crippen molar-refractivity contribution in [1.82, 2.24) is 15.3 Å². The maximum atomic E-state index is 12.8. The van der Waals surface area contributed by atoms with Crippen molar-refractivity contribution in [3.63, 3.8) is 0 Å². The molecule has 0 bridgehead atoms. The third-order valence-electron chi connectivity index (χ3n) is 4.84. The summed E-state index contributed by atoms with van der Waals surface area (Å²) in [5.74, 6) is 0.0765. The van der Waals surface area contributed by atoms with Gasteiger partial charge in [0.2, 0.25) is 0 Å². The van der Waals surface area contributed by atoms with Crippen molar-refractivity contribution in [2.75, 3.05) is 11.9 Å². The molecule has 4 rings (SSSR count). The molecule has 2 heterocycles. The van der Waals surface area contributed by atoms with E-state index in [-0.39, 0.29) is 11.6 Å². The Morgan fingerprint density at radius 1 is 1.03 bits per heavy atom. The van der Waals surface area contributed by atoms with Crippen molar-refractivity contribution in [3.8, 4) is 0 Å². The van der Waals surface area contributed by atoms with Crippen LogP contribution in [-0.2, 0) is 12.6 Å². The molecule has 0 aliphatic rings. The molecule has 0 aliphatic heterocycles. The van der Waals surface area contributed by atoms with E-state index in [1.165, 1.54) is 18.3 Å². The number of aromatic nitrogens is 2. The van der Waals surface area contributed by atoms with Crippen LogP contribution in [0.2, 0.25) is 0 Å². The summed E-state index contributed by atoms with van der Waals surface area (Å²) in [6, 6.07) is 15.9. The zero-order valence-corrected chi connectivity index (χ0v) is 16.3. The van der Waals surface area contributed by atoms with Crippen molar-refractivity contribution in [1.29, 1.82) is 0 Å². The van der Waals surface area contributed by atoms with Gasteiger partial charge in [-0.3, -0.25) is 4.79 Å². The van der Waals surface area contributed by atoms with Crippen LogP contribution in [0.15, 0.2) is 73.1 Å². The highest BCUT2D eigenvalue weighted by molar-refractivity contribution is 5.94. The molecule has 0 radical (unpaired) electrons. The Bertz CT molecular complexity index is 1200. The summed E-state index contributed by atoms with van der Waals surface area (Å²) in [6.07, 6.45) is -0.415. The molecule has 8 heteroatoms. The first kappa shape index (κ1) is 20.5. The standard InChI is InChI=1S/C23H19F3N4O/c24-23(25,26)17-4-3-5-18(12-17)30-21-9-8-16(14-29-21)22(31)27-11-10-15-13-28-20-7-2-1-6-19(15)20/h1-9,12-14,28H,10-11H2,(H,27,31)(H,29,30). The SMILES string of the molecule is O=C(NCCc1c[nH]c2ccccc12)c1ccc(Nc2cccc(C(F)(F)F)c2)nc1. The lowest BCUT2D eigenvalue weighted by atomic mass is 10.1. The highest BCUT2D eigenvalue weighted by Gasteiger charge is 2.30. The van der Waals surface area contributed by atoms with Crippen molar-refractivity contribution in [2.45, 2.75) is 12.6 Å². The number of H-pyrrole nitrogens is 1. The molecule has 0 saturated heterocycles. The number of hydrogen-bond acceptors (Lipinski definition) is 3. The van der Waals surface area contributed by atoms with Gasteiger partial charge in [0.25, 0.3) is 5.91 Å². The molecule has 3 N–H and O–H groups in total. The lowest BCUT2D eigenvalue weighted by molar-refractivity contribution is -0.137. The van der Waals surface area contributed by atoms with Gasteiger partial charge in [0, 0.05) is 35.5 Å². The number of nitrogens with zero attached hydrogens (tertiary/aromatic N) is 1. The number of aromatic amines is 1. The summed E-state index contributed by atoms with van der Waals surface area (Å²) in [5.41, 5.74) is 2.06. The third-order valence-corrected chi connectivity index (χ3v) is 4.84. The highest BCUT2D eigenvalue weighted by atomic mass is 19.4. The van der Waals surface area contributed by atoms with Crippen LogP contribution in [0.3, 0.4) is 0 Å². The van der Waals surface area contributed by atoms with Crippen molar-refractivity contribution >= 4 is 28.3 Å². The van der Waals surface area contributed by atoms with Gasteiger partial charge >= 0.3 is 6.18 Å². The lowest BCUT2D eigenvalue weighted by Crippen LogP contribution is -2.25. The summed E-state index contributed by atoms with van der Waals surface area (Å²) in [5, 5.41) is 6.80. The molecule has 0 aliphatic carbocycles. The summed E-state index contributed by atoms with van der Waals surface area (Å²) in [7, 11) is 0. The van der Waals surface area contributed by atoms with Crippen LogP contribution in [0.25, 0.3) is 10.9 Å². The number of benzene rings is 2. The van der Waals surface area contributed by atoms with E-state index >= 15 is 0 Å². The molecular weight excluding hydrogens is 405 g/mol. The molecule has 1 amide bonds. The minimum Gasteiger partial charge on any atom is -0.361 e. The molecule has 0 saturated carbocycles. The number of para-hydroxylation sites is 1. The first-order valence-electron chi connectivity index (χ1n) is 9.64. The summed E-state index contributed by atoms with van der Waals surface area (Å²) >= 11 is 0. The van der Waals surface area contributed by atoms with Gasteiger partial charge in [-0.15, -0.1) is 0 Å². The minimum absolute atomic E-state index is 0.262. The van der Waals surface area contributed by atoms with E-state index in [2.05, 4.69) is 20.6 Å². The van der Waals surface area contributed by atoms with Crippen LogP contribution >= 0.6 is 0 Å². The zero-order valence-electron chi connectivity index (χ0n) is 16.3. The Hall–Kier alpha value is -3.81. The predicted molar refractivity (Wildman–Crippen MR) is 113 cm³/mol. The molecule has 0 spiro atoms. The fourth-order valence-electron chi connectivity index (χ4n) is 3.27. The quantitative estimate of drug-likeness (QED) is 0.394. The number of alkyl halides is 3. The Labute approximate surface area is 176 Å². The van der Waals surface area contributed by atoms with Gasteiger partial charge in [-0.1, -0.05) is 24.3 Å². The van der Waals surface area contributed by atoms with E-state index in [4.69, 9.17) is 0 Å². The van der Waals surface area contributed by atoms with Crippen molar-refractivity contribution < 1.29 is 18.0 Å².